The van der Waals surface area contributed by atoms with Crippen molar-refractivity contribution in [2.24, 2.45) is 0 Å². The van der Waals surface area contributed by atoms with Crippen molar-refractivity contribution >= 4 is 19.7 Å². The monoisotopic (exact) mass is 826 g/mol. The molecule has 0 aromatic heterocycles. The predicted octanol–water partition coefficient (Wildman–Crippen LogP) is 13.5. The SMILES string of the molecule is Cc1cccc(C)c1-c1cccc(-c2c(C)cccc2C)c1Cc1cc(C(C)(C)C)cc(Cc2c(-c3c(C)cccc3C)cccc2-c2c(C)cccc2C)c1[Se]O. The molecule has 58 heavy (non-hydrogen) atoms. The van der Waals surface area contributed by atoms with Crippen molar-refractivity contribution in [1.29, 1.82) is 0 Å². The van der Waals surface area contributed by atoms with Gasteiger partial charge in [0.1, 0.15) is 0 Å². The van der Waals surface area contributed by atoms with Crippen LogP contribution < -0.4 is 4.46 Å². The predicted molar refractivity (Wildman–Crippen MR) is 251 cm³/mol. The Morgan fingerprint density at radius 2 is 0.638 bits per heavy atom. The summed E-state index contributed by atoms with van der Waals surface area (Å²) in [4.78, 5) is 0. The molecule has 0 aliphatic rings. The number of hydrogen-bond donors (Lipinski definition) is 1. The van der Waals surface area contributed by atoms with Gasteiger partial charge in [-0.15, -0.1) is 0 Å². The molecule has 0 bridgehead atoms. The van der Waals surface area contributed by atoms with Gasteiger partial charge in [-0.25, -0.2) is 0 Å². The zero-order valence-corrected chi connectivity index (χ0v) is 38.0. The molecular formula is C56H58OSe. The van der Waals surface area contributed by atoms with E-state index in [0.717, 1.165) is 4.46 Å². The Kier molecular flexibility index (Phi) is 11.9. The molecule has 0 radical (unpaired) electrons. The minimum absolute atomic E-state index is 0.104. The molecule has 0 aliphatic heterocycles. The van der Waals surface area contributed by atoms with Crippen LogP contribution in [-0.2, 0) is 18.3 Å². The molecule has 7 rings (SSSR count). The van der Waals surface area contributed by atoms with Crippen molar-refractivity contribution in [3.63, 3.8) is 0 Å². The van der Waals surface area contributed by atoms with Gasteiger partial charge in [0.15, 0.2) is 0 Å². The Morgan fingerprint density at radius 1 is 0.397 bits per heavy atom. The summed E-state index contributed by atoms with van der Waals surface area (Å²) in [6.07, 6.45) is 1.42. The maximum atomic E-state index is 11.7. The van der Waals surface area contributed by atoms with Crippen LogP contribution in [0.25, 0.3) is 44.5 Å². The Hall–Kier alpha value is -4.98. The van der Waals surface area contributed by atoms with E-state index in [2.05, 4.69) is 197 Å². The first-order valence-corrected chi connectivity index (χ1v) is 22.3. The number of aryl methyl sites for hydroxylation is 8. The van der Waals surface area contributed by atoms with Gasteiger partial charge in [0.05, 0.1) is 0 Å². The summed E-state index contributed by atoms with van der Waals surface area (Å²) in [5.74, 6) is 0. The molecule has 0 atom stereocenters. The first kappa shape index (κ1) is 41.2. The van der Waals surface area contributed by atoms with Crippen molar-refractivity contribution in [3.05, 3.63) is 194 Å². The summed E-state index contributed by atoms with van der Waals surface area (Å²) < 4.78 is 12.8. The average molecular weight is 826 g/mol. The van der Waals surface area contributed by atoms with Gasteiger partial charge in [-0.3, -0.25) is 0 Å². The second kappa shape index (κ2) is 16.7. The van der Waals surface area contributed by atoms with Crippen LogP contribution in [0, 0.1) is 55.4 Å². The van der Waals surface area contributed by atoms with Crippen LogP contribution in [0.5, 0.6) is 0 Å². The Morgan fingerprint density at radius 3 is 0.862 bits per heavy atom. The molecule has 7 aromatic carbocycles. The van der Waals surface area contributed by atoms with E-state index in [9.17, 15) is 4.19 Å². The van der Waals surface area contributed by atoms with Gasteiger partial charge in [0.2, 0.25) is 0 Å². The third-order valence-corrected chi connectivity index (χ3v) is 13.8. The topological polar surface area (TPSA) is 20.2 Å². The quantitative estimate of drug-likeness (QED) is 0.144. The van der Waals surface area contributed by atoms with E-state index in [4.69, 9.17) is 0 Å². The standard InChI is InChI=1S/C56H58OSe/c1-34-18-12-19-35(2)51(34)45-26-16-27-46(52-36(3)20-13-21-37(52)4)49(45)32-42-30-44(56(9,10)11)31-43(55(42)58-57)33-50-47(53-38(5)22-14-23-39(53)6)28-17-29-48(50)54-40(7)24-15-25-41(54)8/h12-31,57H,32-33H2,1-11H3. The summed E-state index contributed by atoms with van der Waals surface area (Å²) in [5, 5.41) is 0. The second-order valence-electron chi connectivity index (χ2n) is 17.5. The number of rotatable bonds is 9. The molecule has 0 aliphatic carbocycles. The van der Waals surface area contributed by atoms with Crippen molar-refractivity contribution in [1.82, 2.24) is 0 Å². The first-order chi connectivity index (χ1) is 27.7. The summed E-state index contributed by atoms with van der Waals surface area (Å²) in [6.45, 7) is 24.8. The Balaban J connectivity index is 1.52. The van der Waals surface area contributed by atoms with Crippen molar-refractivity contribution in [3.8, 4) is 44.5 Å². The summed E-state index contributed by atoms with van der Waals surface area (Å²) in [5.41, 5.74) is 26.7. The van der Waals surface area contributed by atoms with E-state index in [0.29, 0.717) is 12.8 Å². The van der Waals surface area contributed by atoms with Crippen LogP contribution in [0.4, 0.5) is 0 Å². The minimum atomic E-state index is -0.750. The summed E-state index contributed by atoms with van der Waals surface area (Å²) in [7, 11) is 0. The molecule has 0 amide bonds. The van der Waals surface area contributed by atoms with Gasteiger partial charge >= 0.3 is 357 Å². The summed E-state index contributed by atoms with van der Waals surface area (Å²) >= 11 is -0.750. The van der Waals surface area contributed by atoms with Crippen LogP contribution in [0.15, 0.2) is 121 Å². The van der Waals surface area contributed by atoms with Gasteiger partial charge in [-0.05, 0) is 0 Å². The fraction of sp³-hybridized carbons (Fsp3) is 0.250. The van der Waals surface area contributed by atoms with Crippen LogP contribution in [0.3, 0.4) is 0 Å². The molecule has 1 N–H and O–H groups in total. The molecule has 0 fully saturated rings. The number of hydrogen-bond acceptors (Lipinski definition) is 1. The Bertz CT molecular complexity index is 2280. The molecule has 0 spiro atoms. The molecule has 7 aromatic rings. The van der Waals surface area contributed by atoms with Gasteiger partial charge in [-0.1, -0.05) is 0 Å². The normalized spacial score (nSPS) is 11.7. The van der Waals surface area contributed by atoms with Gasteiger partial charge < -0.3 is 0 Å². The van der Waals surface area contributed by atoms with Crippen LogP contribution in [0.1, 0.15) is 93.1 Å². The van der Waals surface area contributed by atoms with E-state index in [1.165, 1.54) is 117 Å². The zero-order chi connectivity index (χ0) is 41.5. The van der Waals surface area contributed by atoms with E-state index >= 15 is 0 Å². The molecule has 294 valence electrons. The van der Waals surface area contributed by atoms with Crippen molar-refractivity contribution < 1.29 is 4.19 Å². The molecule has 2 heteroatoms. The zero-order valence-electron chi connectivity index (χ0n) is 36.3. The summed E-state index contributed by atoms with van der Waals surface area (Å²) in [6, 6.07) is 45.1. The van der Waals surface area contributed by atoms with E-state index in [1.807, 2.05) is 0 Å². The second-order valence-corrected chi connectivity index (χ2v) is 18.8. The third kappa shape index (κ3) is 7.91. The molecule has 0 saturated heterocycles. The van der Waals surface area contributed by atoms with E-state index in [1.54, 1.807) is 0 Å². The van der Waals surface area contributed by atoms with E-state index < -0.39 is 15.3 Å². The van der Waals surface area contributed by atoms with Crippen molar-refractivity contribution in [2.45, 2.75) is 94.4 Å². The molecule has 0 unspecified atom stereocenters. The molecule has 0 heterocycles. The molecule has 1 nitrogen and oxygen atoms in total. The van der Waals surface area contributed by atoms with E-state index in [-0.39, 0.29) is 5.41 Å². The van der Waals surface area contributed by atoms with Gasteiger partial charge in [0, 0.05) is 0 Å². The van der Waals surface area contributed by atoms with Gasteiger partial charge in [0.25, 0.3) is 0 Å². The third-order valence-electron chi connectivity index (χ3n) is 12.3. The van der Waals surface area contributed by atoms with Crippen LogP contribution >= 0.6 is 0 Å². The van der Waals surface area contributed by atoms with Crippen LogP contribution in [0.2, 0.25) is 0 Å². The van der Waals surface area contributed by atoms with Crippen molar-refractivity contribution in [2.75, 3.05) is 0 Å². The average Bonchev–Trinajstić information content (AvgIpc) is 3.16. The molecule has 0 saturated carbocycles. The molecular weight excluding hydrogens is 768 g/mol. The Labute approximate surface area is 354 Å². The number of benzene rings is 7. The maximum absolute atomic E-state index is 11.7. The van der Waals surface area contributed by atoms with Crippen LogP contribution in [-0.4, -0.2) is 19.5 Å². The fourth-order valence-electron chi connectivity index (χ4n) is 9.40. The first-order valence-electron chi connectivity index (χ1n) is 20.7. The van der Waals surface area contributed by atoms with Gasteiger partial charge in [-0.2, -0.15) is 0 Å². The fourth-order valence-corrected chi connectivity index (χ4v) is 10.4.